The maximum Gasteiger partial charge on any atom is 0.537 e. The fraction of sp³-hybridized carbons (Fsp3) is 0.273. The molecule has 2 nitrogen and oxygen atoms in total. The third kappa shape index (κ3) is 4.90. The van der Waals surface area contributed by atoms with E-state index in [-0.39, 0.29) is 0 Å². The van der Waals surface area contributed by atoms with Crippen molar-refractivity contribution in [1.82, 2.24) is 0 Å². The highest BCUT2D eigenvalue weighted by atomic mass is 31.1. The molecular formula is C11H14O2P+. The van der Waals surface area contributed by atoms with Gasteiger partial charge in [0.05, 0.1) is 0 Å². The van der Waals surface area contributed by atoms with Gasteiger partial charge in [-0.3, -0.25) is 0 Å². The van der Waals surface area contributed by atoms with Gasteiger partial charge in [0.15, 0.2) is 5.82 Å². The number of unbranched alkanes of at least 4 members (excludes halogenated alkanes) is 1. The van der Waals surface area contributed by atoms with E-state index in [0.717, 1.165) is 19.3 Å². The number of allylic oxidation sites excluding steroid dienone is 1. The lowest BCUT2D eigenvalue weighted by Crippen LogP contribution is -1.82. The first kappa shape index (κ1) is 11.1. The number of benzene rings is 1. The highest BCUT2D eigenvalue weighted by Gasteiger charge is 1.99. The molecule has 74 valence electrons. The van der Waals surface area contributed by atoms with Crippen LogP contribution in [-0.4, -0.2) is 4.89 Å². The third-order valence-electron chi connectivity index (χ3n) is 1.91. The molecule has 1 unspecified atom stereocenters. The minimum Gasteiger partial charge on any atom is -0.157 e. The van der Waals surface area contributed by atoms with Gasteiger partial charge in [0.1, 0.15) is 0 Å². The molecule has 1 aromatic rings. The summed E-state index contributed by atoms with van der Waals surface area (Å²) < 4.78 is 10.3. The van der Waals surface area contributed by atoms with Crippen LogP contribution >= 0.6 is 8.03 Å². The second-order valence-corrected chi connectivity index (χ2v) is 3.97. The van der Waals surface area contributed by atoms with Crippen molar-refractivity contribution in [3.63, 3.8) is 0 Å². The lowest BCUT2D eigenvalue weighted by molar-refractivity contribution is 0.512. The van der Waals surface area contributed by atoms with Crippen molar-refractivity contribution in [3.05, 3.63) is 47.8 Å². The number of aryl methyl sites for hydroxylation is 1. The molecule has 14 heavy (non-hydrogen) atoms. The smallest absolute Gasteiger partial charge is 0.157 e. The molecule has 0 saturated heterocycles. The Balaban J connectivity index is 2.19. The minimum absolute atomic E-state index is 0.858. The lowest BCUT2D eigenvalue weighted by atomic mass is 10.1. The van der Waals surface area contributed by atoms with Crippen LogP contribution in [0.25, 0.3) is 0 Å². The maximum absolute atomic E-state index is 10.3. The van der Waals surface area contributed by atoms with Gasteiger partial charge in [-0.1, -0.05) is 30.3 Å². The van der Waals surface area contributed by atoms with E-state index in [1.165, 1.54) is 11.4 Å². The predicted molar refractivity (Wildman–Crippen MR) is 58.3 cm³/mol. The Morgan fingerprint density at radius 2 is 2.00 bits per heavy atom. The van der Waals surface area contributed by atoms with E-state index in [2.05, 4.69) is 12.1 Å². The van der Waals surface area contributed by atoms with E-state index in [0.29, 0.717) is 0 Å². The van der Waals surface area contributed by atoms with E-state index in [4.69, 9.17) is 4.89 Å². The summed E-state index contributed by atoms with van der Waals surface area (Å²) in [5, 5.41) is 0. The lowest BCUT2D eigenvalue weighted by Gasteiger charge is -1.96. The van der Waals surface area contributed by atoms with Crippen molar-refractivity contribution in [2.75, 3.05) is 0 Å². The van der Waals surface area contributed by atoms with E-state index >= 15 is 0 Å². The first-order valence-corrected chi connectivity index (χ1v) is 5.93. The molecule has 1 aromatic carbocycles. The Morgan fingerprint density at radius 3 is 2.64 bits per heavy atom. The van der Waals surface area contributed by atoms with Gasteiger partial charge < -0.3 is 0 Å². The Hall–Kier alpha value is -0.980. The molecule has 0 aliphatic rings. The predicted octanol–water partition coefficient (Wildman–Crippen LogP) is 3.26. The molecule has 1 N–H and O–H groups in total. The molecule has 0 aliphatic carbocycles. The van der Waals surface area contributed by atoms with Crippen LogP contribution in [0.2, 0.25) is 0 Å². The maximum atomic E-state index is 10.3. The van der Waals surface area contributed by atoms with Crippen LogP contribution in [0.1, 0.15) is 18.4 Å². The molecule has 0 bridgehead atoms. The summed E-state index contributed by atoms with van der Waals surface area (Å²) in [6.07, 6.45) is 4.66. The van der Waals surface area contributed by atoms with Crippen molar-refractivity contribution < 1.29 is 9.46 Å². The number of hydrogen-bond acceptors (Lipinski definition) is 1. The Labute approximate surface area is 85.2 Å². The van der Waals surface area contributed by atoms with E-state index in [9.17, 15) is 4.57 Å². The van der Waals surface area contributed by atoms with Crippen molar-refractivity contribution in [3.8, 4) is 0 Å². The Morgan fingerprint density at radius 1 is 1.29 bits per heavy atom. The molecular weight excluding hydrogens is 195 g/mol. The van der Waals surface area contributed by atoms with Gasteiger partial charge in [-0.15, -0.1) is 0 Å². The van der Waals surface area contributed by atoms with Crippen LogP contribution in [0.3, 0.4) is 0 Å². The molecule has 0 heterocycles. The topological polar surface area (TPSA) is 37.3 Å². The zero-order valence-corrected chi connectivity index (χ0v) is 8.86. The fourth-order valence-corrected chi connectivity index (χ4v) is 1.56. The first-order chi connectivity index (χ1) is 6.79. The van der Waals surface area contributed by atoms with Crippen molar-refractivity contribution in [2.24, 2.45) is 0 Å². The molecule has 0 aliphatic heterocycles. The van der Waals surface area contributed by atoms with Crippen LogP contribution in [0, 0.1) is 0 Å². The fourth-order valence-electron chi connectivity index (χ4n) is 1.23. The molecule has 0 aromatic heterocycles. The first-order valence-electron chi connectivity index (χ1n) is 4.65. The number of hydrogen-bond donors (Lipinski definition) is 1. The zero-order valence-electron chi connectivity index (χ0n) is 7.97. The van der Waals surface area contributed by atoms with Gasteiger partial charge in [0.2, 0.25) is 0 Å². The standard InChI is InChI=1S/C11H13O2P/c12-14(13)10-6-2-5-9-11-7-3-1-4-8-11/h1,3-4,6-8,10H,2,5,9H2/p+1. The largest absolute Gasteiger partial charge is 0.537 e. The third-order valence-corrected chi connectivity index (χ3v) is 2.38. The van der Waals surface area contributed by atoms with E-state index in [1.807, 2.05) is 18.2 Å². The Bertz CT molecular complexity index is 306. The average Bonchev–Trinajstić information content (AvgIpc) is 2.18. The van der Waals surface area contributed by atoms with E-state index in [1.54, 1.807) is 6.08 Å². The van der Waals surface area contributed by atoms with Gasteiger partial charge >= 0.3 is 8.03 Å². The highest BCUT2D eigenvalue weighted by molar-refractivity contribution is 7.41. The van der Waals surface area contributed by atoms with Gasteiger partial charge in [-0.05, 0) is 35.5 Å². The molecule has 0 fully saturated rings. The molecule has 1 rings (SSSR count). The van der Waals surface area contributed by atoms with Crippen molar-refractivity contribution >= 4 is 8.03 Å². The summed E-state index contributed by atoms with van der Waals surface area (Å²) in [5.74, 6) is 1.35. The second kappa shape index (κ2) is 6.47. The van der Waals surface area contributed by atoms with Crippen LogP contribution in [0.4, 0.5) is 0 Å². The van der Waals surface area contributed by atoms with Gasteiger partial charge in [0.25, 0.3) is 0 Å². The second-order valence-electron chi connectivity index (χ2n) is 3.07. The zero-order chi connectivity index (χ0) is 10.2. The molecule has 0 spiro atoms. The van der Waals surface area contributed by atoms with Crippen molar-refractivity contribution in [2.45, 2.75) is 19.3 Å². The number of rotatable bonds is 5. The van der Waals surface area contributed by atoms with Crippen molar-refractivity contribution in [1.29, 1.82) is 0 Å². The SMILES string of the molecule is O=[P+](O)C=CCCCc1ccccc1. The summed E-state index contributed by atoms with van der Waals surface area (Å²) in [4.78, 5) is 8.49. The minimum atomic E-state index is -2.10. The molecule has 0 radical (unpaired) electrons. The summed E-state index contributed by atoms with van der Waals surface area (Å²) in [5.41, 5.74) is 1.31. The average molecular weight is 209 g/mol. The van der Waals surface area contributed by atoms with E-state index < -0.39 is 8.03 Å². The molecule has 1 atom stereocenters. The molecule has 0 amide bonds. The van der Waals surface area contributed by atoms with Crippen LogP contribution in [-0.2, 0) is 11.0 Å². The highest BCUT2D eigenvalue weighted by Crippen LogP contribution is 2.15. The molecule has 3 heteroatoms. The Kier molecular flexibility index (Phi) is 5.13. The van der Waals surface area contributed by atoms with Crippen LogP contribution in [0.5, 0.6) is 0 Å². The summed E-state index contributed by atoms with van der Waals surface area (Å²) in [7, 11) is -2.10. The van der Waals surface area contributed by atoms with Gasteiger partial charge in [-0.2, -0.15) is 4.89 Å². The van der Waals surface area contributed by atoms with Crippen LogP contribution in [0.15, 0.2) is 42.2 Å². The normalized spacial score (nSPS) is 11.9. The molecule has 0 saturated carbocycles. The quantitative estimate of drug-likeness (QED) is 0.597. The van der Waals surface area contributed by atoms with Gasteiger partial charge in [0, 0.05) is 0 Å². The summed E-state index contributed by atoms with van der Waals surface area (Å²) in [6, 6.07) is 10.2. The monoisotopic (exact) mass is 209 g/mol. The van der Waals surface area contributed by atoms with Crippen LogP contribution < -0.4 is 0 Å². The summed E-state index contributed by atoms with van der Waals surface area (Å²) in [6.45, 7) is 0. The van der Waals surface area contributed by atoms with Gasteiger partial charge in [-0.25, -0.2) is 0 Å². The summed E-state index contributed by atoms with van der Waals surface area (Å²) >= 11 is 0.